The van der Waals surface area contributed by atoms with Crippen molar-refractivity contribution in [3.05, 3.63) is 0 Å². The molecule has 0 radical (unpaired) electrons. The Labute approximate surface area is 122 Å². The highest BCUT2D eigenvalue weighted by molar-refractivity contribution is 5.73. The van der Waals surface area contributed by atoms with E-state index in [2.05, 4.69) is 13.8 Å². The summed E-state index contributed by atoms with van der Waals surface area (Å²) in [5.41, 5.74) is 0. The topological polar surface area (TPSA) is 35.5 Å². The highest BCUT2D eigenvalue weighted by atomic mass is 16.7. The lowest BCUT2D eigenvalue weighted by Gasteiger charge is -2.34. The van der Waals surface area contributed by atoms with Crippen molar-refractivity contribution in [2.45, 2.75) is 46.0 Å². The summed E-state index contributed by atoms with van der Waals surface area (Å²) in [5.74, 6) is 4.92. The highest BCUT2D eigenvalue weighted by Crippen LogP contribution is 2.65. The fraction of sp³-hybridized carbons (Fsp3) is 0.941. The molecule has 114 valence electrons. The van der Waals surface area contributed by atoms with E-state index in [1.54, 1.807) is 7.11 Å². The van der Waals surface area contributed by atoms with Gasteiger partial charge in [-0.3, -0.25) is 4.79 Å². The molecule has 7 atom stereocenters. The first-order chi connectivity index (χ1) is 9.67. The second-order valence-corrected chi connectivity index (χ2v) is 7.29. The molecular weight excluding hydrogens is 252 g/mol. The monoisotopic (exact) mass is 280 g/mol. The molecule has 3 saturated carbocycles. The average molecular weight is 280 g/mol. The van der Waals surface area contributed by atoms with Gasteiger partial charge in [0.05, 0.1) is 5.92 Å². The van der Waals surface area contributed by atoms with Crippen molar-refractivity contribution in [1.82, 2.24) is 0 Å². The summed E-state index contributed by atoms with van der Waals surface area (Å²) in [6.07, 6.45) is 6.34. The molecular formula is C17H28O3. The molecule has 0 saturated heterocycles. The van der Waals surface area contributed by atoms with Crippen LogP contribution in [0.4, 0.5) is 0 Å². The summed E-state index contributed by atoms with van der Waals surface area (Å²) in [6, 6.07) is 0. The Kier molecular flexibility index (Phi) is 4.07. The third-order valence-corrected chi connectivity index (χ3v) is 6.29. The van der Waals surface area contributed by atoms with Crippen LogP contribution in [-0.2, 0) is 14.3 Å². The lowest BCUT2D eigenvalue weighted by molar-refractivity contribution is -0.162. The van der Waals surface area contributed by atoms with Crippen molar-refractivity contribution in [3.63, 3.8) is 0 Å². The number of esters is 1. The lowest BCUT2D eigenvalue weighted by Crippen LogP contribution is -2.34. The van der Waals surface area contributed by atoms with Gasteiger partial charge in [-0.05, 0) is 54.8 Å². The van der Waals surface area contributed by atoms with Crippen LogP contribution >= 0.6 is 0 Å². The van der Waals surface area contributed by atoms with E-state index in [0.717, 1.165) is 36.0 Å². The highest BCUT2D eigenvalue weighted by Gasteiger charge is 2.60. The lowest BCUT2D eigenvalue weighted by atomic mass is 9.71. The van der Waals surface area contributed by atoms with E-state index >= 15 is 0 Å². The number of rotatable bonds is 5. The molecule has 0 aromatic rings. The minimum atomic E-state index is -0.00685. The average Bonchev–Trinajstić information content (AvgIpc) is 3.09. The molecule has 3 nitrogen and oxygen atoms in total. The predicted octanol–water partition coefficient (Wildman–Crippen LogP) is 3.48. The van der Waals surface area contributed by atoms with Crippen LogP contribution in [0.25, 0.3) is 0 Å². The molecule has 0 spiro atoms. The normalized spacial score (nSPS) is 45.6. The maximum atomic E-state index is 12.2. The van der Waals surface area contributed by atoms with E-state index in [4.69, 9.17) is 9.47 Å². The Balaban J connectivity index is 1.71. The van der Waals surface area contributed by atoms with Crippen LogP contribution in [0.15, 0.2) is 0 Å². The number of carbonyl (C=O) groups is 1. The Morgan fingerprint density at radius 2 is 2.00 bits per heavy atom. The molecule has 0 heterocycles. The third kappa shape index (κ3) is 2.18. The number of fused-ring (bicyclic) bond motifs is 5. The van der Waals surface area contributed by atoms with Crippen molar-refractivity contribution in [2.24, 2.45) is 41.4 Å². The Morgan fingerprint density at radius 3 is 2.70 bits per heavy atom. The van der Waals surface area contributed by atoms with Gasteiger partial charge in [0.25, 0.3) is 0 Å². The zero-order chi connectivity index (χ0) is 14.3. The second-order valence-electron chi connectivity index (χ2n) is 7.29. The largest absolute Gasteiger partial charge is 0.438 e. The minimum Gasteiger partial charge on any atom is -0.438 e. The van der Waals surface area contributed by atoms with Crippen molar-refractivity contribution >= 4 is 5.97 Å². The first kappa shape index (κ1) is 14.4. The fourth-order valence-electron chi connectivity index (χ4n) is 5.93. The second kappa shape index (κ2) is 5.67. The van der Waals surface area contributed by atoms with Gasteiger partial charge in [-0.1, -0.05) is 26.7 Å². The van der Waals surface area contributed by atoms with Crippen molar-refractivity contribution in [3.8, 4) is 0 Å². The molecule has 0 aromatic heterocycles. The summed E-state index contributed by atoms with van der Waals surface area (Å²) in [5, 5.41) is 0. The van der Waals surface area contributed by atoms with Gasteiger partial charge in [0.15, 0.2) is 6.79 Å². The molecule has 0 aliphatic heterocycles. The molecule has 0 N–H and O–H groups in total. The molecule has 3 rings (SSSR count). The maximum Gasteiger partial charge on any atom is 0.311 e. The standard InChI is InChI=1S/C17H28O3/c1-4-5-11-6-10(2)15-12-7-13(16(11)15)14(8-12)17(18)20-9-19-3/h10-16H,4-9H2,1-3H3. The summed E-state index contributed by atoms with van der Waals surface area (Å²) in [7, 11) is 1.57. The van der Waals surface area contributed by atoms with Crippen LogP contribution in [0, 0.1) is 41.4 Å². The molecule has 0 aromatic carbocycles. The number of hydrogen-bond acceptors (Lipinski definition) is 3. The van der Waals surface area contributed by atoms with Gasteiger partial charge in [0, 0.05) is 7.11 Å². The zero-order valence-electron chi connectivity index (χ0n) is 13.0. The minimum absolute atomic E-state index is 0.00685. The van der Waals surface area contributed by atoms with E-state index in [-0.39, 0.29) is 18.7 Å². The van der Waals surface area contributed by atoms with Gasteiger partial charge in [0.2, 0.25) is 0 Å². The number of ether oxygens (including phenoxy) is 2. The quantitative estimate of drug-likeness (QED) is 0.571. The Morgan fingerprint density at radius 1 is 1.20 bits per heavy atom. The molecule has 3 fully saturated rings. The van der Waals surface area contributed by atoms with Gasteiger partial charge in [-0.25, -0.2) is 0 Å². The smallest absolute Gasteiger partial charge is 0.311 e. The number of hydrogen-bond donors (Lipinski definition) is 0. The third-order valence-electron chi connectivity index (χ3n) is 6.29. The van der Waals surface area contributed by atoms with Gasteiger partial charge in [0.1, 0.15) is 0 Å². The number of carbonyl (C=O) groups excluding carboxylic acids is 1. The maximum absolute atomic E-state index is 12.2. The van der Waals surface area contributed by atoms with Crippen LogP contribution in [-0.4, -0.2) is 19.9 Å². The molecule has 3 aliphatic rings. The predicted molar refractivity (Wildman–Crippen MR) is 76.8 cm³/mol. The molecule has 0 amide bonds. The SMILES string of the molecule is CCCC1CC(C)C2C3CC(C(=O)OCOC)C(C3)C12. The van der Waals surface area contributed by atoms with Crippen molar-refractivity contribution < 1.29 is 14.3 Å². The molecule has 3 aliphatic carbocycles. The van der Waals surface area contributed by atoms with E-state index in [1.807, 2.05) is 0 Å². The summed E-state index contributed by atoms with van der Waals surface area (Å²) in [4.78, 5) is 12.2. The van der Waals surface area contributed by atoms with Crippen LogP contribution in [0.3, 0.4) is 0 Å². The first-order valence-electron chi connectivity index (χ1n) is 8.32. The fourth-order valence-corrected chi connectivity index (χ4v) is 5.93. The van der Waals surface area contributed by atoms with Crippen molar-refractivity contribution in [2.75, 3.05) is 13.9 Å². The van der Waals surface area contributed by atoms with Crippen LogP contribution in [0.1, 0.15) is 46.0 Å². The van der Waals surface area contributed by atoms with Crippen LogP contribution in [0.5, 0.6) is 0 Å². The van der Waals surface area contributed by atoms with Gasteiger partial charge in [-0.15, -0.1) is 0 Å². The first-order valence-corrected chi connectivity index (χ1v) is 8.32. The Hall–Kier alpha value is -0.570. The van der Waals surface area contributed by atoms with Crippen molar-refractivity contribution in [1.29, 1.82) is 0 Å². The van der Waals surface area contributed by atoms with Gasteiger partial charge in [-0.2, -0.15) is 0 Å². The van der Waals surface area contributed by atoms with E-state index < -0.39 is 0 Å². The van der Waals surface area contributed by atoms with Gasteiger partial charge >= 0.3 is 5.97 Å². The van der Waals surface area contributed by atoms with Crippen LogP contribution < -0.4 is 0 Å². The molecule has 3 heteroatoms. The summed E-state index contributed by atoms with van der Waals surface area (Å²) >= 11 is 0. The van der Waals surface area contributed by atoms with Gasteiger partial charge < -0.3 is 9.47 Å². The van der Waals surface area contributed by atoms with E-state index in [1.165, 1.54) is 25.7 Å². The number of methoxy groups -OCH3 is 1. The Bertz CT molecular complexity index is 367. The van der Waals surface area contributed by atoms with Crippen LogP contribution in [0.2, 0.25) is 0 Å². The summed E-state index contributed by atoms with van der Waals surface area (Å²) < 4.78 is 10.1. The zero-order valence-corrected chi connectivity index (χ0v) is 13.0. The van der Waals surface area contributed by atoms with E-state index in [9.17, 15) is 4.79 Å². The molecule has 20 heavy (non-hydrogen) atoms. The molecule has 2 bridgehead atoms. The summed E-state index contributed by atoms with van der Waals surface area (Å²) in [6.45, 7) is 4.83. The molecule has 7 unspecified atom stereocenters. The van der Waals surface area contributed by atoms with E-state index in [0.29, 0.717) is 5.92 Å².